The first-order valence-electron chi connectivity index (χ1n) is 14.2. The fourth-order valence-corrected chi connectivity index (χ4v) is 6.83. The molecule has 0 amide bonds. The van der Waals surface area contributed by atoms with E-state index in [0.717, 1.165) is 0 Å². The summed E-state index contributed by atoms with van der Waals surface area (Å²) in [6.45, 7) is 0. The molecular formula is C40H25N. The summed E-state index contributed by atoms with van der Waals surface area (Å²) < 4.78 is 2.37. The molecule has 0 unspecified atom stereocenters. The van der Waals surface area contributed by atoms with Crippen molar-refractivity contribution in [3.05, 3.63) is 152 Å². The van der Waals surface area contributed by atoms with E-state index in [1.807, 2.05) is 0 Å². The second-order valence-corrected chi connectivity index (χ2v) is 11.0. The lowest BCUT2D eigenvalue weighted by Crippen LogP contribution is -1.93. The van der Waals surface area contributed by atoms with Crippen molar-refractivity contribution in [2.24, 2.45) is 0 Å². The minimum Gasteiger partial charge on any atom is -0.309 e. The van der Waals surface area contributed by atoms with Gasteiger partial charge in [0.25, 0.3) is 0 Å². The van der Waals surface area contributed by atoms with Crippen LogP contribution in [0.1, 0.15) is 0 Å². The lowest BCUT2D eigenvalue weighted by Gasteiger charge is -2.14. The van der Waals surface area contributed by atoms with Crippen molar-refractivity contribution in [1.82, 2.24) is 4.57 Å². The van der Waals surface area contributed by atoms with Gasteiger partial charge in [-0.15, -0.1) is 0 Å². The number of para-hydroxylation sites is 2. The Morgan fingerprint density at radius 3 is 1.49 bits per heavy atom. The maximum absolute atomic E-state index is 2.37. The Hall–Kier alpha value is -5.40. The molecule has 0 fully saturated rings. The van der Waals surface area contributed by atoms with E-state index in [1.165, 1.54) is 82.1 Å². The van der Waals surface area contributed by atoms with E-state index < -0.39 is 0 Å². The molecule has 190 valence electrons. The molecule has 1 aromatic heterocycles. The van der Waals surface area contributed by atoms with Crippen LogP contribution < -0.4 is 0 Å². The van der Waals surface area contributed by atoms with Crippen LogP contribution in [0.4, 0.5) is 0 Å². The standard InChI is InChI=1S/C40H25N/c1-3-10-37-34(8-1)35-9-2-4-11-38(35)41(37)32-22-18-27(19-23-32)26-12-14-28(15-13-26)33-24-20-31-17-16-29-6-5-7-30-21-25-36(33)40(31)39(29)30/h1-25H. The van der Waals surface area contributed by atoms with E-state index in [1.54, 1.807) is 0 Å². The number of hydrogen-bond donors (Lipinski definition) is 0. The van der Waals surface area contributed by atoms with Crippen molar-refractivity contribution >= 4 is 54.1 Å². The lowest BCUT2D eigenvalue weighted by molar-refractivity contribution is 1.18. The fourth-order valence-electron chi connectivity index (χ4n) is 6.83. The van der Waals surface area contributed by atoms with Gasteiger partial charge in [0.15, 0.2) is 0 Å². The van der Waals surface area contributed by atoms with E-state index in [9.17, 15) is 0 Å². The molecular weight excluding hydrogens is 494 g/mol. The van der Waals surface area contributed by atoms with Crippen LogP contribution in [0.15, 0.2) is 152 Å². The molecule has 9 rings (SSSR count). The summed E-state index contributed by atoms with van der Waals surface area (Å²) in [5, 5.41) is 10.5. The van der Waals surface area contributed by atoms with Gasteiger partial charge >= 0.3 is 0 Å². The number of nitrogens with zero attached hydrogens (tertiary/aromatic N) is 1. The van der Waals surface area contributed by atoms with Gasteiger partial charge in [0.1, 0.15) is 0 Å². The molecule has 0 aliphatic carbocycles. The number of aromatic nitrogens is 1. The topological polar surface area (TPSA) is 4.93 Å². The quantitative estimate of drug-likeness (QED) is 0.205. The second-order valence-electron chi connectivity index (χ2n) is 11.0. The van der Waals surface area contributed by atoms with E-state index in [4.69, 9.17) is 0 Å². The van der Waals surface area contributed by atoms with Crippen LogP contribution in [0.25, 0.3) is 82.1 Å². The van der Waals surface area contributed by atoms with Crippen molar-refractivity contribution in [1.29, 1.82) is 0 Å². The van der Waals surface area contributed by atoms with Crippen LogP contribution in [0.3, 0.4) is 0 Å². The van der Waals surface area contributed by atoms with Crippen molar-refractivity contribution < 1.29 is 0 Å². The Morgan fingerprint density at radius 2 is 0.829 bits per heavy atom. The van der Waals surface area contributed by atoms with Crippen molar-refractivity contribution in [2.75, 3.05) is 0 Å². The van der Waals surface area contributed by atoms with E-state index in [-0.39, 0.29) is 0 Å². The van der Waals surface area contributed by atoms with E-state index in [2.05, 4.69) is 156 Å². The van der Waals surface area contributed by atoms with Crippen LogP contribution in [0.5, 0.6) is 0 Å². The fraction of sp³-hybridized carbons (Fsp3) is 0. The molecule has 0 radical (unpaired) electrons. The van der Waals surface area contributed by atoms with Gasteiger partial charge < -0.3 is 4.57 Å². The van der Waals surface area contributed by atoms with E-state index >= 15 is 0 Å². The predicted molar refractivity (Wildman–Crippen MR) is 175 cm³/mol. The van der Waals surface area contributed by atoms with Gasteiger partial charge in [-0.05, 0) is 78.8 Å². The number of fused-ring (bicyclic) bond motifs is 3. The summed E-state index contributed by atoms with van der Waals surface area (Å²) in [7, 11) is 0. The van der Waals surface area contributed by atoms with Crippen LogP contribution in [-0.2, 0) is 0 Å². The Balaban J connectivity index is 1.11. The third-order valence-corrected chi connectivity index (χ3v) is 8.76. The van der Waals surface area contributed by atoms with Crippen molar-refractivity contribution in [2.45, 2.75) is 0 Å². The molecule has 0 atom stereocenters. The van der Waals surface area contributed by atoms with Crippen LogP contribution in [-0.4, -0.2) is 4.57 Å². The maximum Gasteiger partial charge on any atom is 0.0541 e. The second kappa shape index (κ2) is 8.55. The molecule has 0 spiro atoms. The van der Waals surface area contributed by atoms with Gasteiger partial charge in [-0.25, -0.2) is 0 Å². The molecule has 0 aliphatic heterocycles. The molecule has 1 nitrogen and oxygen atoms in total. The van der Waals surface area contributed by atoms with Crippen LogP contribution >= 0.6 is 0 Å². The molecule has 0 saturated heterocycles. The molecule has 0 N–H and O–H groups in total. The van der Waals surface area contributed by atoms with Crippen molar-refractivity contribution in [3.8, 4) is 27.9 Å². The Bertz CT molecular complexity index is 2320. The van der Waals surface area contributed by atoms with Gasteiger partial charge in [-0.2, -0.15) is 0 Å². The van der Waals surface area contributed by atoms with Gasteiger partial charge in [-0.3, -0.25) is 0 Å². The average molecular weight is 520 g/mol. The summed E-state index contributed by atoms with van der Waals surface area (Å²) >= 11 is 0. The molecule has 41 heavy (non-hydrogen) atoms. The number of benzene rings is 8. The first kappa shape index (κ1) is 22.4. The SMILES string of the molecule is c1cc2ccc3ccc(-c4ccc(-c5ccc(-n6c7ccccc7c7ccccc76)cc5)cc4)c4ccc(c1)c2c34. The monoisotopic (exact) mass is 519 g/mol. The summed E-state index contributed by atoms with van der Waals surface area (Å²) in [6, 6.07) is 55.5. The molecule has 0 bridgehead atoms. The Morgan fingerprint density at radius 1 is 0.317 bits per heavy atom. The first-order valence-corrected chi connectivity index (χ1v) is 14.2. The van der Waals surface area contributed by atoms with Gasteiger partial charge in [0.2, 0.25) is 0 Å². The van der Waals surface area contributed by atoms with Crippen LogP contribution in [0.2, 0.25) is 0 Å². The highest BCUT2D eigenvalue weighted by Gasteiger charge is 2.13. The molecule has 1 heterocycles. The number of hydrogen-bond acceptors (Lipinski definition) is 0. The highest BCUT2D eigenvalue weighted by atomic mass is 15.0. The largest absolute Gasteiger partial charge is 0.309 e. The van der Waals surface area contributed by atoms with Crippen LogP contribution in [0, 0.1) is 0 Å². The molecule has 0 saturated carbocycles. The van der Waals surface area contributed by atoms with Gasteiger partial charge in [0.05, 0.1) is 11.0 Å². The zero-order valence-electron chi connectivity index (χ0n) is 22.4. The third kappa shape index (κ3) is 3.30. The molecule has 1 heteroatoms. The van der Waals surface area contributed by atoms with E-state index in [0.29, 0.717) is 0 Å². The van der Waals surface area contributed by atoms with Crippen molar-refractivity contribution in [3.63, 3.8) is 0 Å². The smallest absolute Gasteiger partial charge is 0.0541 e. The minimum atomic E-state index is 1.18. The minimum absolute atomic E-state index is 1.18. The Labute approximate surface area is 237 Å². The maximum atomic E-state index is 2.37. The summed E-state index contributed by atoms with van der Waals surface area (Å²) in [5.41, 5.74) is 8.61. The highest BCUT2D eigenvalue weighted by Crippen LogP contribution is 2.40. The first-order chi connectivity index (χ1) is 20.3. The average Bonchev–Trinajstić information content (AvgIpc) is 3.38. The normalized spacial score (nSPS) is 11.9. The van der Waals surface area contributed by atoms with Gasteiger partial charge in [-0.1, -0.05) is 127 Å². The molecule has 9 aromatic rings. The molecule has 0 aliphatic rings. The number of rotatable bonds is 3. The molecule has 8 aromatic carbocycles. The Kier molecular flexibility index (Phi) is 4.67. The van der Waals surface area contributed by atoms with Gasteiger partial charge in [0, 0.05) is 16.5 Å². The highest BCUT2D eigenvalue weighted by molar-refractivity contribution is 6.25. The predicted octanol–water partition coefficient (Wildman–Crippen LogP) is 11.0. The third-order valence-electron chi connectivity index (χ3n) is 8.76. The summed E-state index contributed by atoms with van der Waals surface area (Å²) in [5.74, 6) is 0. The zero-order chi connectivity index (χ0) is 26.9. The zero-order valence-corrected chi connectivity index (χ0v) is 22.4. The lowest BCUT2D eigenvalue weighted by atomic mass is 9.89. The summed E-state index contributed by atoms with van der Waals surface area (Å²) in [6.07, 6.45) is 0. The summed E-state index contributed by atoms with van der Waals surface area (Å²) in [4.78, 5) is 0.